The van der Waals surface area contributed by atoms with E-state index in [2.05, 4.69) is 27.3 Å². The number of carbonyl (C=O) groups is 1. The molecule has 0 amide bonds. The van der Waals surface area contributed by atoms with Crippen molar-refractivity contribution in [2.24, 2.45) is 0 Å². The summed E-state index contributed by atoms with van der Waals surface area (Å²) in [4.78, 5) is 15.2. The molecule has 5 rings (SSSR count). The summed E-state index contributed by atoms with van der Waals surface area (Å²) in [7, 11) is 1.64. The standard InChI is InChI=1S/C29H22BrNO3S/c1-33-27-14-7-19(16-21(27)18-34-23-11-9-22(30)10-12-23)6-13-26(32)20-8-15-29-25(17-20)31-24-4-2-3-5-28(24)35-29/h2-17,31H,18H2,1H3/b13-6+. The van der Waals surface area contributed by atoms with Crippen LogP contribution in [0.15, 0.2) is 105 Å². The van der Waals surface area contributed by atoms with Gasteiger partial charge in [-0.25, -0.2) is 0 Å². The number of hydrogen-bond acceptors (Lipinski definition) is 5. The number of nitrogens with one attached hydrogen (secondary N) is 1. The normalized spacial score (nSPS) is 11.9. The van der Waals surface area contributed by atoms with Gasteiger partial charge in [0.25, 0.3) is 0 Å². The van der Waals surface area contributed by atoms with Gasteiger partial charge in [0.15, 0.2) is 5.78 Å². The first-order valence-corrected chi connectivity index (χ1v) is 12.7. The van der Waals surface area contributed by atoms with Gasteiger partial charge in [-0.05, 0) is 78.4 Å². The molecule has 0 aliphatic carbocycles. The van der Waals surface area contributed by atoms with Crippen molar-refractivity contribution in [2.45, 2.75) is 16.4 Å². The highest BCUT2D eigenvalue weighted by Gasteiger charge is 2.16. The topological polar surface area (TPSA) is 47.6 Å². The summed E-state index contributed by atoms with van der Waals surface area (Å²) in [5.41, 5.74) is 4.44. The van der Waals surface area contributed by atoms with Gasteiger partial charge < -0.3 is 14.8 Å². The lowest BCUT2D eigenvalue weighted by Crippen LogP contribution is -2.02. The van der Waals surface area contributed by atoms with Crippen molar-refractivity contribution in [3.63, 3.8) is 0 Å². The Kier molecular flexibility index (Phi) is 6.93. The van der Waals surface area contributed by atoms with Crippen LogP contribution in [0.3, 0.4) is 0 Å². The number of allylic oxidation sites excluding steroid dienone is 1. The van der Waals surface area contributed by atoms with Gasteiger partial charge in [0.2, 0.25) is 0 Å². The molecule has 35 heavy (non-hydrogen) atoms. The Morgan fingerprint density at radius 2 is 1.74 bits per heavy atom. The summed E-state index contributed by atoms with van der Waals surface area (Å²) in [5.74, 6) is 1.46. The van der Waals surface area contributed by atoms with Crippen molar-refractivity contribution < 1.29 is 14.3 Å². The quantitative estimate of drug-likeness (QED) is 0.166. The molecule has 0 unspecified atom stereocenters. The van der Waals surface area contributed by atoms with Crippen LogP contribution in [0, 0.1) is 0 Å². The fraction of sp³-hybridized carbons (Fsp3) is 0.0690. The van der Waals surface area contributed by atoms with E-state index in [-0.39, 0.29) is 5.78 Å². The summed E-state index contributed by atoms with van der Waals surface area (Å²) in [6.07, 6.45) is 3.43. The average Bonchev–Trinajstić information content (AvgIpc) is 2.90. The first kappa shape index (κ1) is 23.3. The molecule has 4 nitrogen and oxygen atoms in total. The molecule has 1 heterocycles. The zero-order valence-corrected chi connectivity index (χ0v) is 21.4. The summed E-state index contributed by atoms with van der Waals surface area (Å²) in [6, 6.07) is 27.4. The predicted octanol–water partition coefficient (Wildman–Crippen LogP) is 8.14. The molecule has 0 radical (unpaired) electrons. The number of halogens is 1. The molecule has 4 aromatic rings. The summed E-state index contributed by atoms with van der Waals surface area (Å²) >= 11 is 5.13. The summed E-state index contributed by atoms with van der Waals surface area (Å²) in [5, 5.41) is 3.43. The van der Waals surface area contributed by atoms with Crippen LogP contribution in [-0.2, 0) is 6.61 Å². The van der Waals surface area contributed by atoms with Crippen LogP contribution < -0.4 is 14.8 Å². The first-order valence-electron chi connectivity index (χ1n) is 11.0. The first-order chi connectivity index (χ1) is 17.1. The molecule has 6 heteroatoms. The molecule has 0 spiro atoms. The zero-order chi connectivity index (χ0) is 24.2. The van der Waals surface area contributed by atoms with E-state index >= 15 is 0 Å². The molecule has 1 aliphatic rings. The van der Waals surface area contributed by atoms with E-state index in [1.807, 2.05) is 84.9 Å². The number of ether oxygens (including phenoxy) is 2. The SMILES string of the molecule is COc1ccc(/C=C/C(=O)c2ccc3c(c2)Nc2ccccc2S3)cc1COc1ccc(Br)cc1. The lowest BCUT2D eigenvalue weighted by Gasteiger charge is -2.20. The number of benzene rings is 4. The molecule has 0 fully saturated rings. The second-order valence-electron chi connectivity index (χ2n) is 7.95. The molecule has 1 aliphatic heterocycles. The van der Waals surface area contributed by atoms with Crippen LogP contribution in [0.4, 0.5) is 11.4 Å². The number of rotatable bonds is 7. The Labute approximate surface area is 217 Å². The molecule has 0 saturated heterocycles. The maximum Gasteiger partial charge on any atom is 0.185 e. The molecule has 0 aromatic heterocycles. The molecule has 4 aromatic carbocycles. The molecular formula is C29H22BrNO3S. The predicted molar refractivity (Wildman–Crippen MR) is 145 cm³/mol. The molecule has 0 atom stereocenters. The van der Waals surface area contributed by atoms with Gasteiger partial charge in [0, 0.05) is 25.4 Å². The van der Waals surface area contributed by atoms with Gasteiger partial charge in [-0.3, -0.25) is 4.79 Å². The van der Waals surface area contributed by atoms with E-state index in [1.54, 1.807) is 24.9 Å². The summed E-state index contributed by atoms with van der Waals surface area (Å²) in [6.45, 7) is 0.357. The lowest BCUT2D eigenvalue weighted by atomic mass is 10.1. The third-order valence-electron chi connectivity index (χ3n) is 5.58. The molecule has 1 N–H and O–H groups in total. The molecule has 0 saturated carbocycles. The van der Waals surface area contributed by atoms with Crippen molar-refractivity contribution >= 4 is 50.9 Å². The monoisotopic (exact) mass is 543 g/mol. The number of fused-ring (bicyclic) bond motifs is 2. The number of para-hydroxylation sites is 1. The van der Waals surface area contributed by atoms with Crippen molar-refractivity contribution in [1.29, 1.82) is 0 Å². The number of hydrogen-bond donors (Lipinski definition) is 1. The van der Waals surface area contributed by atoms with Gasteiger partial charge in [0.1, 0.15) is 18.1 Å². The minimum absolute atomic E-state index is 0.0538. The van der Waals surface area contributed by atoms with Crippen molar-refractivity contribution in [3.8, 4) is 11.5 Å². The van der Waals surface area contributed by atoms with E-state index in [0.717, 1.165) is 43.4 Å². The highest BCUT2D eigenvalue weighted by molar-refractivity contribution is 9.10. The van der Waals surface area contributed by atoms with E-state index in [0.29, 0.717) is 12.2 Å². The third-order valence-corrected chi connectivity index (χ3v) is 7.26. The minimum atomic E-state index is -0.0538. The smallest absolute Gasteiger partial charge is 0.185 e. The lowest BCUT2D eigenvalue weighted by molar-refractivity contribution is 0.104. The molecule has 174 valence electrons. The number of carbonyl (C=O) groups excluding carboxylic acids is 1. The highest BCUT2D eigenvalue weighted by Crippen LogP contribution is 2.44. The van der Waals surface area contributed by atoms with E-state index in [9.17, 15) is 4.79 Å². The van der Waals surface area contributed by atoms with Gasteiger partial charge in [-0.15, -0.1) is 0 Å². The summed E-state index contributed by atoms with van der Waals surface area (Å²) < 4.78 is 12.4. The Hall–Kier alpha value is -3.48. The van der Waals surface area contributed by atoms with Crippen LogP contribution in [0.2, 0.25) is 0 Å². The van der Waals surface area contributed by atoms with Crippen LogP contribution >= 0.6 is 27.7 Å². The van der Waals surface area contributed by atoms with Crippen molar-refractivity contribution in [2.75, 3.05) is 12.4 Å². The third kappa shape index (κ3) is 5.45. The Morgan fingerprint density at radius 1 is 0.943 bits per heavy atom. The Bertz CT molecular complexity index is 1420. The van der Waals surface area contributed by atoms with Gasteiger partial charge in [-0.1, -0.05) is 52.0 Å². The average molecular weight is 544 g/mol. The highest BCUT2D eigenvalue weighted by atomic mass is 79.9. The minimum Gasteiger partial charge on any atom is -0.496 e. The van der Waals surface area contributed by atoms with Crippen LogP contribution in [-0.4, -0.2) is 12.9 Å². The Balaban J connectivity index is 1.30. The fourth-order valence-corrected chi connectivity index (χ4v) is 5.00. The number of anilines is 2. The van der Waals surface area contributed by atoms with Crippen LogP contribution in [0.1, 0.15) is 21.5 Å². The van der Waals surface area contributed by atoms with E-state index in [4.69, 9.17) is 9.47 Å². The van der Waals surface area contributed by atoms with Gasteiger partial charge >= 0.3 is 0 Å². The maximum absolute atomic E-state index is 12.9. The van der Waals surface area contributed by atoms with Crippen molar-refractivity contribution in [3.05, 3.63) is 112 Å². The van der Waals surface area contributed by atoms with E-state index in [1.165, 1.54) is 4.90 Å². The number of ketones is 1. The second-order valence-corrected chi connectivity index (χ2v) is 9.95. The van der Waals surface area contributed by atoms with E-state index < -0.39 is 0 Å². The Morgan fingerprint density at radius 3 is 2.57 bits per heavy atom. The molecular weight excluding hydrogens is 522 g/mol. The van der Waals surface area contributed by atoms with Crippen LogP contribution in [0.5, 0.6) is 11.5 Å². The van der Waals surface area contributed by atoms with Gasteiger partial charge in [0.05, 0.1) is 18.5 Å². The zero-order valence-electron chi connectivity index (χ0n) is 19.0. The fourth-order valence-electron chi connectivity index (χ4n) is 3.77. The maximum atomic E-state index is 12.9. The number of methoxy groups -OCH3 is 1. The van der Waals surface area contributed by atoms with Gasteiger partial charge in [-0.2, -0.15) is 0 Å². The van der Waals surface area contributed by atoms with Crippen LogP contribution in [0.25, 0.3) is 6.08 Å². The largest absolute Gasteiger partial charge is 0.496 e. The van der Waals surface area contributed by atoms with Crippen molar-refractivity contribution in [1.82, 2.24) is 0 Å². The second kappa shape index (κ2) is 10.4. The molecule has 0 bridgehead atoms.